The van der Waals surface area contributed by atoms with Crippen molar-refractivity contribution in [1.82, 2.24) is 5.32 Å². The van der Waals surface area contributed by atoms with Crippen molar-refractivity contribution in [3.63, 3.8) is 0 Å². The van der Waals surface area contributed by atoms with Gasteiger partial charge in [-0.2, -0.15) is 0 Å². The Kier molecular flexibility index (Phi) is 4.98. The highest BCUT2D eigenvalue weighted by Crippen LogP contribution is 2.20. The SMILES string of the molecule is CCC(C)C(C)(O)CNC1CCCS(=O)(=O)C1. The van der Waals surface area contributed by atoms with Gasteiger partial charge < -0.3 is 10.4 Å². The molecule has 1 heterocycles. The van der Waals surface area contributed by atoms with Gasteiger partial charge in [0.2, 0.25) is 0 Å². The first-order valence-electron chi connectivity index (χ1n) is 6.43. The van der Waals surface area contributed by atoms with E-state index >= 15 is 0 Å². The zero-order valence-corrected chi connectivity index (χ0v) is 11.9. The standard InChI is InChI=1S/C12H25NO3S/c1-4-10(2)12(3,14)9-13-11-6-5-7-17(15,16)8-11/h10-11,13-14H,4-9H2,1-3H3. The minimum atomic E-state index is -2.87. The second-order valence-electron chi connectivity index (χ2n) is 5.50. The van der Waals surface area contributed by atoms with E-state index in [0.29, 0.717) is 12.3 Å². The first kappa shape index (κ1) is 14.9. The van der Waals surface area contributed by atoms with Crippen LogP contribution in [0.5, 0.6) is 0 Å². The Morgan fingerprint density at radius 1 is 1.53 bits per heavy atom. The third kappa shape index (κ3) is 4.56. The third-order valence-corrected chi connectivity index (χ3v) is 5.71. The Morgan fingerprint density at radius 3 is 2.71 bits per heavy atom. The van der Waals surface area contributed by atoms with Crippen molar-refractivity contribution in [1.29, 1.82) is 0 Å². The van der Waals surface area contributed by atoms with Gasteiger partial charge in [0.05, 0.1) is 17.1 Å². The van der Waals surface area contributed by atoms with Gasteiger partial charge in [-0.1, -0.05) is 20.3 Å². The summed E-state index contributed by atoms with van der Waals surface area (Å²) in [5.74, 6) is 0.728. The third-order valence-electron chi connectivity index (χ3n) is 3.89. The predicted molar refractivity (Wildman–Crippen MR) is 69.8 cm³/mol. The molecule has 1 aliphatic heterocycles. The summed E-state index contributed by atoms with van der Waals surface area (Å²) in [4.78, 5) is 0. The average molecular weight is 263 g/mol. The predicted octanol–water partition coefficient (Wildman–Crippen LogP) is 0.950. The molecule has 0 spiro atoms. The maximum absolute atomic E-state index is 11.5. The van der Waals surface area contributed by atoms with Gasteiger partial charge in [0.15, 0.2) is 9.84 Å². The molecule has 0 aromatic rings. The summed E-state index contributed by atoms with van der Waals surface area (Å²) in [5.41, 5.74) is -0.768. The van der Waals surface area contributed by atoms with Crippen LogP contribution in [0.25, 0.3) is 0 Å². The fourth-order valence-electron chi connectivity index (χ4n) is 2.15. The molecule has 0 saturated carbocycles. The van der Waals surface area contributed by atoms with E-state index in [4.69, 9.17) is 0 Å². The summed E-state index contributed by atoms with van der Waals surface area (Å²) >= 11 is 0. The fraction of sp³-hybridized carbons (Fsp3) is 1.00. The van der Waals surface area contributed by atoms with Gasteiger partial charge in [0.25, 0.3) is 0 Å². The molecule has 2 N–H and O–H groups in total. The molecule has 1 rings (SSSR count). The van der Waals surface area contributed by atoms with Crippen LogP contribution in [0.1, 0.15) is 40.0 Å². The van der Waals surface area contributed by atoms with Crippen LogP contribution in [-0.4, -0.2) is 43.2 Å². The Labute approximate surface area is 105 Å². The maximum Gasteiger partial charge on any atom is 0.151 e. The second-order valence-corrected chi connectivity index (χ2v) is 7.73. The Morgan fingerprint density at radius 2 is 2.18 bits per heavy atom. The zero-order valence-electron chi connectivity index (χ0n) is 11.1. The molecule has 102 valence electrons. The van der Waals surface area contributed by atoms with Gasteiger partial charge in [0, 0.05) is 12.6 Å². The highest BCUT2D eigenvalue weighted by molar-refractivity contribution is 7.91. The Bertz CT molecular complexity index is 338. The summed E-state index contributed by atoms with van der Waals surface area (Å²) in [6.45, 7) is 6.33. The summed E-state index contributed by atoms with van der Waals surface area (Å²) in [5, 5.41) is 13.4. The van der Waals surface area contributed by atoms with E-state index in [1.807, 2.05) is 20.8 Å². The van der Waals surface area contributed by atoms with Crippen molar-refractivity contribution in [3.8, 4) is 0 Å². The van der Waals surface area contributed by atoms with Crippen LogP contribution in [0, 0.1) is 5.92 Å². The minimum Gasteiger partial charge on any atom is -0.389 e. The summed E-state index contributed by atoms with van der Waals surface area (Å²) < 4.78 is 22.9. The molecule has 0 aliphatic carbocycles. The van der Waals surface area contributed by atoms with Crippen LogP contribution < -0.4 is 5.32 Å². The summed E-state index contributed by atoms with van der Waals surface area (Å²) in [6.07, 6.45) is 2.53. The van der Waals surface area contributed by atoms with Gasteiger partial charge in [0.1, 0.15) is 0 Å². The lowest BCUT2D eigenvalue weighted by molar-refractivity contribution is 0.00349. The molecule has 0 aromatic carbocycles. The van der Waals surface area contributed by atoms with Crippen LogP contribution >= 0.6 is 0 Å². The molecule has 0 aromatic heterocycles. The van der Waals surface area contributed by atoms with Crippen molar-refractivity contribution in [3.05, 3.63) is 0 Å². The second kappa shape index (κ2) is 5.67. The first-order valence-corrected chi connectivity index (χ1v) is 8.25. The number of nitrogens with one attached hydrogen (secondary N) is 1. The highest BCUT2D eigenvalue weighted by Gasteiger charge is 2.30. The monoisotopic (exact) mass is 263 g/mol. The van der Waals surface area contributed by atoms with Gasteiger partial charge in [-0.25, -0.2) is 8.42 Å². The fourth-order valence-corrected chi connectivity index (χ4v) is 3.82. The largest absolute Gasteiger partial charge is 0.389 e. The molecule has 0 radical (unpaired) electrons. The summed E-state index contributed by atoms with van der Waals surface area (Å²) in [6, 6.07) is 0.00396. The summed E-state index contributed by atoms with van der Waals surface area (Å²) in [7, 11) is -2.87. The molecule has 4 nitrogen and oxygen atoms in total. The van der Waals surface area contributed by atoms with Crippen LogP contribution in [0.3, 0.4) is 0 Å². The minimum absolute atomic E-state index is 0.00396. The normalized spacial score (nSPS) is 29.5. The molecule has 1 fully saturated rings. The molecule has 0 amide bonds. The number of rotatable bonds is 5. The van der Waals surface area contributed by atoms with Crippen LogP contribution in [0.15, 0.2) is 0 Å². The van der Waals surface area contributed by atoms with E-state index < -0.39 is 15.4 Å². The molecule has 1 saturated heterocycles. The molecule has 0 bridgehead atoms. The molecule has 5 heteroatoms. The van der Waals surface area contributed by atoms with Crippen molar-refractivity contribution in [2.45, 2.75) is 51.7 Å². The Hall–Kier alpha value is -0.130. The van der Waals surface area contributed by atoms with Crippen LogP contribution in [0.4, 0.5) is 0 Å². The lowest BCUT2D eigenvalue weighted by atomic mass is 9.88. The lowest BCUT2D eigenvalue weighted by Gasteiger charge is -2.33. The maximum atomic E-state index is 11.5. The van der Waals surface area contributed by atoms with Crippen LogP contribution in [-0.2, 0) is 9.84 Å². The molecule has 3 unspecified atom stereocenters. The van der Waals surface area contributed by atoms with Crippen molar-refractivity contribution < 1.29 is 13.5 Å². The van der Waals surface area contributed by atoms with Crippen LogP contribution in [0.2, 0.25) is 0 Å². The van der Waals surface area contributed by atoms with E-state index in [9.17, 15) is 13.5 Å². The van der Waals surface area contributed by atoms with Gasteiger partial charge >= 0.3 is 0 Å². The quantitative estimate of drug-likeness (QED) is 0.775. The first-order chi connectivity index (χ1) is 7.77. The Balaban J connectivity index is 2.45. The lowest BCUT2D eigenvalue weighted by Crippen LogP contribution is -2.49. The number of hydrogen-bond donors (Lipinski definition) is 2. The zero-order chi connectivity index (χ0) is 13.1. The van der Waals surface area contributed by atoms with Crippen molar-refractivity contribution in [2.24, 2.45) is 5.92 Å². The van der Waals surface area contributed by atoms with E-state index in [1.54, 1.807) is 0 Å². The molecule has 3 atom stereocenters. The van der Waals surface area contributed by atoms with E-state index in [0.717, 1.165) is 19.3 Å². The van der Waals surface area contributed by atoms with Crippen molar-refractivity contribution in [2.75, 3.05) is 18.1 Å². The van der Waals surface area contributed by atoms with Gasteiger partial charge in [-0.3, -0.25) is 0 Å². The van der Waals surface area contributed by atoms with Gasteiger partial charge in [-0.05, 0) is 25.7 Å². The molecular formula is C12H25NO3S. The topological polar surface area (TPSA) is 66.4 Å². The molecule has 1 aliphatic rings. The van der Waals surface area contributed by atoms with E-state index in [1.165, 1.54) is 0 Å². The number of hydrogen-bond acceptors (Lipinski definition) is 4. The number of aliphatic hydroxyl groups is 1. The average Bonchev–Trinajstić information content (AvgIpc) is 2.24. The van der Waals surface area contributed by atoms with E-state index in [2.05, 4.69) is 5.32 Å². The molecule has 17 heavy (non-hydrogen) atoms. The highest BCUT2D eigenvalue weighted by atomic mass is 32.2. The smallest absolute Gasteiger partial charge is 0.151 e. The molecular weight excluding hydrogens is 238 g/mol. The number of sulfone groups is 1. The van der Waals surface area contributed by atoms with E-state index in [-0.39, 0.29) is 17.7 Å². The van der Waals surface area contributed by atoms with Crippen molar-refractivity contribution >= 4 is 9.84 Å². The van der Waals surface area contributed by atoms with Gasteiger partial charge in [-0.15, -0.1) is 0 Å².